The summed E-state index contributed by atoms with van der Waals surface area (Å²) < 4.78 is 1.98. The highest BCUT2D eigenvalue weighted by Gasteiger charge is 2.35. The van der Waals surface area contributed by atoms with E-state index in [-0.39, 0.29) is 11.4 Å². The molecule has 1 aromatic heterocycles. The van der Waals surface area contributed by atoms with Gasteiger partial charge in [-0.05, 0) is 52.4 Å². The van der Waals surface area contributed by atoms with Crippen LogP contribution in [-0.2, 0) is 11.3 Å². The van der Waals surface area contributed by atoms with Gasteiger partial charge in [-0.25, -0.2) is 0 Å². The molecule has 1 atom stereocenters. The number of amides is 1. The van der Waals surface area contributed by atoms with Crippen molar-refractivity contribution in [1.29, 1.82) is 0 Å². The van der Waals surface area contributed by atoms with Gasteiger partial charge in [-0.15, -0.1) is 0 Å². The van der Waals surface area contributed by atoms with Crippen molar-refractivity contribution in [2.24, 2.45) is 0 Å². The van der Waals surface area contributed by atoms with Crippen LogP contribution in [0.3, 0.4) is 0 Å². The van der Waals surface area contributed by atoms with E-state index in [1.807, 2.05) is 23.1 Å². The lowest BCUT2D eigenvalue weighted by Gasteiger charge is -2.43. The average Bonchev–Trinajstić information content (AvgIpc) is 3.27. The average molecular weight is 348 g/mol. The van der Waals surface area contributed by atoms with Crippen molar-refractivity contribution in [1.82, 2.24) is 24.9 Å². The van der Waals surface area contributed by atoms with Crippen LogP contribution >= 0.6 is 0 Å². The minimum absolute atomic E-state index is 0.146. The number of likely N-dealkylation sites (N-methyl/N-ethyl adjacent to an activating group) is 1. The number of carbonyl (C=O) groups excluding carboxylic acids is 1. The Hall–Kier alpha value is -1.40. The van der Waals surface area contributed by atoms with E-state index in [9.17, 15) is 4.79 Å². The number of rotatable bonds is 7. The Balaban J connectivity index is 1.49. The number of carbonyl (C=O) groups is 1. The fraction of sp³-hybridized carbons (Fsp3) is 0.789. The third-order valence-corrected chi connectivity index (χ3v) is 6.15. The maximum absolute atomic E-state index is 12.6. The summed E-state index contributed by atoms with van der Waals surface area (Å²) in [5.41, 5.74) is 0.146. The van der Waals surface area contributed by atoms with Crippen LogP contribution in [0.25, 0.3) is 0 Å². The second-order valence-corrected chi connectivity index (χ2v) is 7.95. The van der Waals surface area contributed by atoms with E-state index < -0.39 is 0 Å². The van der Waals surface area contributed by atoms with Crippen molar-refractivity contribution >= 4 is 5.91 Å². The molecular formula is C19H33N5O. The van der Waals surface area contributed by atoms with E-state index >= 15 is 0 Å². The molecule has 1 amide bonds. The normalized spacial score (nSPS) is 23.9. The summed E-state index contributed by atoms with van der Waals surface area (Å²) >= 11 is 0. The summed E-state index contributed by atoms with van der Waals surface area (Å²) in [5, 5.41) is 7.54. The molecule has 1 aromatic rings. The summed E-state index contributed by atoms with van der Waals surface area (Å²) in [5.74, 6) is 0.166. The summed E-state index contributed by atoms with van der Waals surface area (Å²) in [6, 6.07) is 2.37. The van der Waals surface area contributed by atoms with Crippen molar-refractivity contribution in [3.8, 4) is 0 Å². The highest BCUT2D eigenvalue weighted by atomic mass is 16.2. The Morgan fingerprint density at radius 3 is 2.76 bits per heavy atom. The molecule has 0 bridgehead atoms. The predicted octanol–water partition coefficient (Wildman–Crippen LogP) is 1.73. The molecule has 1 saturated carbocycles. The molecule has 6 nitrogen and oxygen atoms in total. The molecular weight excluding hydrogens is 314 g/mol. The Bertz CT molecular complexity index is 536. The molecule has 1 aliphatic heterocycles. The highest BCUT2D eigenvalue weighted by Crippen LogP contribution is 2.31. The summed E-state index contributed by atoms with van der Waals surface area (Å²) in [6.07, 6.45) is 12.4. The second-order valence-electron chi connectivity index (χ2n) is 7.95. The first kappa shape index (κ1) is 18.4. The smallest absolute Gasteiger partial charge is 0.234 e. The van der Waals surface area contributed by atoms with Gasteiger partial charge < -0.3 is 10.2 Å². The second kappa shape index (κ2) is 8.32. The number of aromatic nitrogens is 2. The van der Waals surface area contributed by atoms with Gasteiger partial charge in [0.05, 0.1) is 13.1 Å². The van der Waals surface area contributed by atoms with Crippen LogP contribution in [-0.4, -0.2) is 70.8 Å². The van der Waals surface area contributed by atoms with Gasteiger partial charge >= 0.3 is 0 Å². The maximum atomic E-state index is 12.6. The van der Waals surface area contributed by atoms with Crippen LogP contribution < -0.4 is 5.32 Å². The first-order valence-electron chi connectivity index (χ1n) is 9.75. The van der Waals surface area contributed by atoms with Crippen LogP contribution in [0.2, 0.25) is 0 Å². The minimum atomic E-state index is 0.146. The Kier molecular flexibility index (Phi) is 6.12. The van der Waals surface area contributed by atoms with Gasteiger partial charge in [-0.2, -0.15) is 5.10 Å². The van der Waals surface area contributed by atoms with Crippen molar-refractivity contribution in [3.63, 3.8) is 0 Å². The molecule has 3 rings (SSSR count). The van der Waals surface area contributed by atoms with Gasteiger partial charge in [0, 0.05) is 30.5 Å². The van der Waals surface area contributed by atoms with Gasteiger partial charge in [0.15, 0.2) is 0 Å². The first-order chi connectivity index (χ1) is 12.1. The van der Waals surface area contributed by atoms with Crippen LogP contribution in [0, 0.1) is 0 Å². The minimum Gasteiger partial charge on any atom is -0.353 e. The van der Waals surface area contributed by atoms with E-state index in [2.05, 4.69) is 34.3 Å². The number of nitrogens with one attached hydrogen (secondary N) is 1. The zero-order valence-electron chi connectivity index (χ0n) is 15.8. The Morgan fingerprint density at radius 2 is 2.08 bits per heavy atom. The molecule has 1 saturated heterocycles. The van der Waals surface area contributed by atoms with Crippen molar-refractivity contribution in [3.05, 3.63) is 18.5 Å². The predicted molar refractivity (Wildman–Crippen MR) is 99.3 cm³/mol. The van der Waals surface area contributed by atoms with Crippen LogP contribution in [0.4, 0.5) is 0 Å². The van der Waals surface area contributed by atoms with Crippen molar-refractivity contribution in [2.75, 3.05) is 33.7 Å². The number of nitrogens with zero attached hydrogens (tertiary/aromatic N) is 4. The Morgan fingerprint density at radius 1 is 1.28 bits per heavy atom. The maximum Gasteiger partial charge on any atom is 0.234 e. The molecule has 2 heterocycles. The van der Waals surface area contributed by atoms with E-state index in [4.69, 9.17) is 0 Å². The van der Waals surface area contributed by atoms with Crippen LogP contribution in [0.1, 0.15) is 44.9 Å². The molecule has 2 aliphatic rings. The zero-order valence-corrected chi connectivity index (χ0v) is 15.8. The Labute approximate surface area is 151 Å². The standard InChI is InChI=1S/C19H33N5O/c1-22(2)19(9-4-3-5-10-19)16-20-18(25)15-23-12-6-8-17(23)14-24-13-7-11-21-24/h7,11,13,17H,3-6,8-10,12,14-16H2,1-2H3,(H,20,25). The zero-order chi connectivity index (χ0) is 17.7. The first-order valence-corrected chi connectivity index (χ1v) is 9.75. The number of hydrogen-bond donors (Lipinski definition) is 1. The molecule has 2 fully saturated rings. The SMILES string of the molecule is CN(C)C1(CNC(=O)CN2CCCC2Cn2cccn2)CCCCC1. The van der Waals surface area contributed by atoms with Gasteiger partial charge in [0.2, 0.25) is 5.91 Å². The highest BCUT2D eigenvalue weighted by molar-refractivity contribution is 5.78. The lowest BCUT2D eigenvalue weighted by Crippen LogP contribution is -2.55. The lowest BCUT2D eigenvalue weighted by molar-refractivity contribution is -0.123. The van der Waals surface area contributed by atoms with E-state index in [0.717, 1.165) is 26.1 Å². The van der Waals surface area contributed by atoms with Crippen molar-refractivity contribution in [2.45, 2.75) is 63.1 Å². The molecule has 1 unspecified atom stereocenters. The molecule has 0 spiro atoms. The van der Waals surface area contributed by atoms with Gasteiger partial charge in [0.25, 0.3) is 0 Å². The largest absolute Gasteiger partial charge is 0.353 e. The van der Waals surface area contributed by atoms with Crippen LogP contribution in [0.15, 0.2) is 18.5 Å². The third-order valence-electron chi connectivity index (χ3n) is 6.15. The molecule has 6 heteroatoms. The van der Waals surface area contributed by atoms with E-state index in [1.54, 1.807) is 0 Å². The van der Waals surface area contributed by atoms with Crippen molar-refractivity contribution < 1.29 is 4.79 Å². The molecule has 25 heavy (non-hydrogen) atoms. The van der Waals surface area contributed by atoms with Gasteiger partial charge in [-0.1, -0.05) is 19.3 Å². The molecule has 140 valence electrons. The third kappa shape index (κ3) is 4.61. The van der Waals surface area contributed by atoms with E-state index in [1.165, 1.54) is 38.5 Å². The quantitative estimate of drug-likeness (QED) is 0.816. The molecule has 0 aromatic carbocycles. The summed E-state index contributed by atoms with van der Waals surface area (Å²) in [6.45, 7) is 3.17. The summed E-state index contributed by atoms with van der Waals surface area (Å²) in [7, 11) is 4.30. The van der Waals surface area contributed by atoms with E-state index in [0.29, 0.717) is 12.6 Å². The molecule has 1 N–H and O–H groups in total. The number of likely N-dealkylation sites (tertiary alicyclic amines) is 1. The van der Waals surface area contributed by atoms with Gasteiger partial charge in [-0.3, -0.25) is 14.4 Å². The van der Waals surface area contributed by atoms with Crippen LogP contribution in [0.5, 0.6) is 0 Å². The number of hydrogen-bond acceptors (Lipinski definition) is 4. The lowest BCUT2D eigenvalue weighted by atomic mass is 9.80. The monoisotopic (exact) mass is 347 g/mol. The van der Waals surface area contributed by atoms with Gasteiger partial charge in [0.1, 0.15) is 0 Å². The molecule has 1 aliphatic carbocycles. The fourth-order valence-corrected chi connectivity index (χ4v) is 4.43. The molecule has 0 radical (unpaired) electrons. The summed E-state index contributed by atoms with van der Waals surface area (Å²) in [4.78, 5) is 17.2. The topological polar surface area (TPSA) is 53.4 Å². The fourth-order valence-electron chi connectivity index (χ4n) is 4.43.